The molecule has 2 amide bonds. The van der Waals surface area contributed by atoms with E-state index in [0.29, 0.717) is 25.9 Å². The highest BCUT2D eigenvalue weighted by atomic mass is 16.2. The number of nitrogens with one attached hydrogen (secondary N) is 2. The van der Waals surface area contributed by atoms with Crippen LogP contribution in [-0.4, -0.2) is 37.0 Å². The minimum atomic E-state index is -0.557. The van der Waals surface area contributed by atoms with Gasteiger partial charge in [0.1, 0.15) is 0 Å². The maximum atomic E-state index is 12.0. The number of carbonyl (C=O) groups is 2. The van der Waals surface area contributed by atoms with Crippen LogP contribution in [0.4, 0.5) is 0 Å². The summed E-state index contributed by atoms with van der Waals surface area (Å²) in [5, 5.41) is 5.69. The van der Waals surface area contributed by atoms with Gasteiger partial charge in [-0.25, -0.2) is 0 Å². The smallest absolute Gasteiger partial charge is 0.237 e. The molecule has 0 aliphatic rings. The van der Waals surface area contributed by atoms with Gasteiger partial charge >= 0.3 is 0 Å². The predicted octanol–water partition coefficient (Wildman–Crippen LogP) is 1.14. The third-order valence-corrected chi connectivity index (χ3v) is 4.47. The van der Waals surface area contributed by atoms with Crippen molar-refractivity contribution in [1.82, 2.24) is 10.6 Å². The normalized spacial score (nSPS) is 12.8. The van der Waals surface area contributed by atoms with Gasteiger partial charge in [-0.3, -0.25) is 9.59 Å². The molecule has 2 aromatic rings. The van der Waals surface area contributed by atoms with E-state index >= 15 is 0 Å². The summed E-state index contributed by atoms with van der Waals surface area (Å²) >= 11 is 0. The van der Waals surface area contributed by atoms with E-state index in [-0.39, 0.29) is 11.8 Å². The van der Waals surface area contributed by atoms with Crippen LogP contribution in [0.2, 0.25) is 0 Å². The molecule has 2 aromatic carbocycles. The molecule has 0 radical (unpaired) electrons. The molecular weight excluding hydrogens is 352 g/mol. The lowest BCUT2D eigenvalue weighted by atomic mass is 10.1. The largest absolute Gasteiger partial charge is 0.355 e. The van der Waals surface area contributed by atoms with Crippen LogP contribution in [-0.2, 0) is 22.4 Å². The molecule has 6 N–H and O–H groups in total. The molecule has 28 heavy (non-hydrogen) atoms. The topological polar surface area (TPSA) is 110 Å². The molecule has 0 saturated heterocycles. The van der Waals surface area contributed by atoms with Crippen LogP contribution in [0.1, 0.15) is 24.0 Å². The second kappa shape index (κ2) is 11.9. The Labute approximate surface area is 166 Å². The Morgan fingerprint density at radius 2 is 1.04 bits per heavy atom. The van der Waals surface area contributed by atoms with Gasteiger partial charge in [0.15, 0.2) is 0 Å². The highest BCUT2D eigenvalue weighted by molar-refractivity contribution is 5.82. The maximum Gasteiger partial charge on any atom is 0.237 e. The van der Waals surface area contributed by atoms with E-state index in [1.54, 1.807) is 0 Å². The lowest BCUT2D eigenvalue weighted by Gasteiger charge is -2.13. The molecule has 0 heterocycles. The second-order valence-electron chi connectivity index (χ2n) is 6.88. The van der Waals surface area contributed by atoms with Gasteiger partial charge in [0.25, 0.3) is 0 Å². The number of hydrogen-bond acceptors (Lipinski definition) is 4. The fourth-order valence-corrected chi connectivity index (χ4v) is 2.86. The molecule has 0 aliphatic carbocycles. The summed E-state index contributed by atoms with van der Waals surface area (Å²) in [6.07, 6.45) is 2.56. The van der Waals surface area contributed by atoms with E-state index in [0.717, 1.165) is 24.0 Å². The molecule has 0 bridgehead atoms. The summed E-state index contributed by atoms with van der Waals surface area (Å²) in [6, 6.07) is 18.3. The fraction of sp³-hybridized carbons (Fsp3) is 0.364. The average Bonchev–Trinajstić information content (AvgIpc) is 2.71. The Hall–Kier alpha value is -2.70. The minimum absolute atomic E-state index is 0.155. The van der Waals surface area contributed by atoms with E-state index in [2.05, 4.69) is 10.6 Å². The Morgan fingerprint density at radius 3 is 1.39 bits per heavy atom. The predicted molar refractivity (Wildman–Crippen MR) is 111 cm³/mol. The first-order valence-electron chi connectivity index (χ1n) is 9.70. The summed E-state index contributed by atoms with van der Waals surface area (Å²) in [7, 11) is 0. The quantitative estimate of drug-likeness (QED) is 0.437. The molecule has 0 saturated carbocycles. The summed E-state index contributed by atoms with van der Waals surface area (Å²) < 4.78 is 0. The molecule has 150 valence electrons. The third-order valence-electron chi connectivity index (χ3n) is 4.47. The van der Waals surface area contributed by atoms with E-state index in [9.17, 15) is 9.59 Å². The lowest BCUT2D eigenvalue weighted by Crippen LogP contribution is -2.43. The van der Waals surface area contributed by atoms with Crippen molar-refractivity contribution in [3.05, 3.63) is 71.8 Å². The second-order valence-corrected chi connectivity index (χ2v) is 6.88. The van der Waals surface area contributed by atoms with Crippen LogP contribution >= 0.6 is 0 Å². The third kappa shape index (κ3) is 7.90. The summed E-state index contributed by atoms with van der Waals surface area (Å²) in [5.74, 6) is -0.310. The average molecular weight is 383 g/mol. The zero-order valence-corrected chi connectivity index (χ0v) is 16.1. The van der Waals surface area contributed by atoms with Crippen molar-refractivity contribution in [2.75, 3.05) is 13.1 Å². The number of carbonyl (C=O) groups excluding carboxylic acids is 2. The minimum Gasteiger partial charge on any atom is -0.355 e. The fourth-order valence-electron chi connectivity index (χ4n) is 2.86. The van der Waals surface area contributed by atoms with E-state index in [1.165, 1.54) is 0 Å². The first-order valence-corrected chi connectivity index (χ1v) is 9.70. The molecule has 0 fully saturated rings. The van der Waals surface area contributed by atoms with Gasteiger partial charge in [-0.2, -0.15) is 0 Å². The van der Waals surface area contributed by atoms with Crippen molar-refractivity contribution >= 4 is 11.8 Å². The van der Waals surface area contributed by atoms with Crippen molar-refractivity contribution in [3.63, 3.8) is 0 Å². The number of nitrogens with two attached hydrogens (primary N) is 2. The number of unbranched alkanes of at least 4 members (excludes halogenated alkanes) is 1. The Morgan fingerprint density at radius 1 is 0.679 bits per heavy atom. The summed E-state index contributed by atoms with van der Waals surface area (Å²) in [5.41, 5.74) is 14.0. The molecule has 6 heteroatoms. The molecule has 0 aromatic heterocycles. The van der Waals surface area contributed by atoms with Crippen LogP contribution in [0.5, 0.6) is 0 Å². The Kier molecular flexibility index (Phi) is 9.18. The number of hydrogen-bond donors (Lipinski definition) is 4. The molecule has 2 atom stereocenters. The summed E-state index contributed by atoms with van der Waals surface area (Å²) in [4.78, 5) is 24.1. The standard InChI is InChI=1S/C22H30N4O2/c23-19(15-17-9-3-1-4-10-17)21(27)25-13-7-8-14-26-22(28)20(24)16-18-11-5-2-6-12-18/h1-6,9-12,19-20H,7-8,13-16,23-24H2,(H,25,27)(H,26,28)/t19-,20-/m0/s1. The van der Waals surface area contributed by atoms with E-state index in [1.807, 2.05) is 60.7 Å². The Balaban J connectivity index is 1.55. The number of rotatable bonds is 11. The van der Waals surface area contributed by atoms with Crippen LogP contribution in [0.15, 0.2) is 60.7 Å². The highest BCUT2D eigenvalue weighted by Gasteiger charge is 2.14. The van der Waals surface area contributed by atoms with Crippen LogP contribution < -0.4 is 22.1 Å². The van der Waals surface area contributed by atoms with E-state index < -0.39 is 12.1 Å². The monoisotopic (exact) mass is 382 g/mol. The van der Waals surface area contributed by atoms with Crippen LogP contribution in [0, 0.1) is 0 Å². The van der Waals surface area contributed by atoms with Crippen LogP contribution in [0.3, 0.4) is 0 Å². The highest BCUT2D eigenvalue weighted by Crippen LogP contribution is 2.03. The first kappa shape index (κ1) is 21.6. The lowest BCUT2D eigenvalue weighted by molar-refractivity contribution is -0.123. The summed E-state index contributed by atoms with van der Waals surface area (Å²) in [6.45, 7) is 1.07. The Bertz CT molecular complexity index is 658. The SMILES string of the molecule is N[C@@H](Cc1ccccc1)C(=O)NCCCCNC(=O)[C@@H](N)Cc1ccccc1. The van der Waals surface area contributed by atoms with Gasteiger partial charge in [-0.15, -0.1) is 0 Å². The van der Waals surface area contributed by atoms with Gasteiger partial charge in [-0.1, -0.05) is 60.7 Å². The number of amides is 2. The molecule has 0 unspecified atom stereocenters. The van der Waals surface area contributed by atoms with Gasteiger partial charge in [-0.05, 0) is 36.8 Å². The first-order chi connectivity index (χ1) is 13.6. The van der Waals surface area contributed by atoms with Crippen molar-refractivity contribution in [2.24, 2.45) is 11.5 Å². The van der Waals surface area contributed by atoms with E-state index in [4.69, 9.17) is 11.5 Å². The van der Waals surface area contributed by atoms with Gasteiger partial charge in [0.05, 0.1) is 12.1 Å². The number of benzene rings is 2. The molecule has 0 spiro atoms. The van der Waals surface area contributed by atoms with Gasteiger partial charge < -0.3 is 22.1 Å². The van der Waals surface area contributed by atoms with Gasteiger partial charge in [0.2, 0.25) is 11.8 Å². The zero-order chi connectivity index (χ0) is 20.2. The molecule has 0 aliphatic heterocycles. The van der Waals surface area contributed by atoms with Crippen molar-refractivity contribution in [2.45, 2.75) is 37.8 Å². The van der Waals surface area contributed by atoms with Gasteiger partial charge in [0, 0.05) is 13.1 Å². The molecular formula is C22H30N4O2. The van der Waals surface area contributed by atoms with Crippen molar-refractivity contribution in [3.8, 4) is 0 Å². The maximum absolute atomic E-state index is 12.0. The molecule has 2 rings (SSSR count). The molecule has 6 nitrogen and oxygen atoms in total. The van der Waals surface area contributed by atoms with Crippen LogP contribution in [0.25, 0.3) is 0 Å². The van der Waals surface area contributed by atoms with Crippen molar-refractivity contribution in [1.29, 1.82) is 0 Å². The van der Waals surface area contributed by atoms with Crippen molar-refractivity contribution < 1.29 is 9.59 Å². The zero-order valence-electron chi connectivity index (χ0n) is 16.1.